The summed E-state index contributed by atoms with van der Waals surface area (Å²) in [7, 11) is 0. The fourth-order valence-corrected chi connectivity index (χ4v) is 4.26. The highest BCUT2D eigenvalue weighted by atomic mass is 79.9. The van der Waals surface area contributed by atoms with Crippen molar-refractivity contribution in [2.75, 3.05) is 11.5 Å². The Hall–Kier alpha value is -0.700. The standard InChI is InChI=1S/C14H6Br4N2O2/c15-4-2-1-3-5(8(4)16)14(22)6-7(13(3)21)11(19)12(20)10(18)9(6)17/h1-2H,19-20H2. The van der Waals surface area contributed by atoms with Crippen LogP contribution in [-0.4, -0.2) is 11.6 Å². The van der Waals surface area contributed by atoms with Gasteiger partial charge in [-0.3, -0.25) is 9.59 Å². The van der Waals surface area contributed by atoms with Crippen LogP contribution in [0.4, 0.5) is 11.4 Å². The molecule has 0 saturated heterocycles. The Bertz CT molecular complexity index is 893. The number of carbonyl (C=O) groups is 2. The van der Waals surface area contributed by atoms with Crippen molar-refractivity contribution < 1.29 is 9.59 Å². The summed E-state index contributed by atoms with van der Waals surface area (Å²) in [6, 6.07) is 3.30. The average Bonchev–Trinajstić information content (AvgIpc) is 2.49. The van der Waals surface area contributed by atoms with Crippen molar-refractivity contribution in [1.29, 1.82) is 0 Å². The number of nitrogen functional groups attached to an aromatic ring is 2. The van der Waals surface area contributed by atoms with Gasteiger partial charge < -0.3 is 11.5 Å². The molecule has 0 radical (unpaired) electrons. The number of carbonyl (C=O) groups excluding carboxylic acids is 2. The first-order chi connectivity index (χ1) is 10.3. The van der Waals surface area contributed by atoms with Crippen molar-refractivity contribution in [2.45, 2.75) is 0 Å². The third kappa shape index (κ3) is 2.04. The van der Waals surface area contributed by atoms with E-state index in [9.17, 15) is 9.59 Å². The van der Waals surface area contributed by atoms with Gasteiger partial charge >= 0.3 is 0 Å². The van der Waals surface area contributed by atoms with Crippen molar-refractivity contribution in [3.05, 3.63) is 52.3 Å². The maximum atomic E-state index is 12.9. The third-order valence-electron chi connectivity index (χ3n) is 3.48. The lowest BCUT2D eigenvalue weighted by Gasteiger charge is -2.23. The molecule has 0 amide bonds. The van der Waals surface area contributed by atoms with E-state index < -0.39 is 0 Å². The second-order valence-corrected chi connectivity index (χ2v) is 7.88. The third-order valence-corrected chi connectivity index (χ3v) is 7.64. The Morgan fingerprint density at radius 2 is 1.32 bits per heavy atom. The van der Waals surface area contributed by atoms with Gasteiger partial charge in [0.25, 0.3) is 0 Å². The maximum Gasteiger partial charge on any atom is 0.196 e. The van der Waals surface area contributed by atoms with Gasteiger partial charge in [-0.1, -0.05) is 0 Å². The SMILES string of the molecule is Nc1c(N)c2c(c(Br)c1Br)C(=O)c1c(ccc(Br)c1Br)C2=O. The van der Waals surface area contributed by atoms with Crippen molar-refractivity contribution >= 4 is 86.7 Å². The highest BCUT2D eigenvalue weighted by Gasteiger charge is 2.37. The van der Waals surface area contributed by atoms with Crippen molar-refractivity contribution in [3.8, 4) is 0 Å². The summed E-state index contributed by atoms with van der Waals surface area (Å²) in [5, 5.41) is 0. The number of hydrogen-bond donors (Lipinski definition) is 2. The van der Waals surface area contributed by atoms with Gasteiger partial charge in [-0.05, 0) is 75.9 Å². The minimum atomic E-state index is -0.324. The zero-order valence-electron chi connectivity index (χ0n) is 10.6. The molecule has 0 fully saturated rings. The van der Waals surface area contributed by atoms with Crippen LogP contribution in [0, 0.1) is 0 Å². The molecule has 1 aliphatic rings. The van der Waals surface area contributed by atoms with Crippen LogP contribution in [0.5, 0.6) is 0 Å². The van der Waals surface area contributed by atoms with E-state index in [1.54, 1.807) is 12.1 Å². The molecule has 8 heteroatoms. The van der Waals surface area contributed by atoms with Gasteiger partial charge in [0.1, 0.15) is 0 Å². The summed E-state index contributed by atoms with van der Waals surface area (Å²) >= 11 is 13.3. The molecule has 2 aromatic rings. The average molecular weight is 554 g/mol. The van der Waals surface area contributed by atoms with E-state index in [1.807, 2.05) is 0 Å². The number of rotatable bonds is 0. The summed E-state index contributed by atoms with van der Waals surface area (Å²) in [4.78, 5) is 25.7. The van der Waals surface area contributed by atoms with E-state index in [0.29, 0.717) is 29.0 Å². The fourth-order valence-electron chi connectivity index (χ4n) is 2.40. The molecular formula is C14H6Br4N2O2. The second-order valence-electron chi connectivity index (χ2n) is 4.65. The van der Waals surface area contributed by atoms with Gasteiger partial charge in [0.05, 0.1) is 27.0 Å². The monoisotopic (exact) mass is 550 g/mol. The zero-order chi connectivity index (χ0) is 16.3. The van der Waals surface area contributed by atoms with Gasteiger partial charge in [0.2, 0.25) is 0 Å². The molecule has 0 aromatic heterocycles. The lowest BCUT2D eigenvalue weighted by atomic mass is 9.83. The Balaban J connectivity index is 2.47. The van der Waals surface area contributed by atoms with Crippen LogP contribution in [0.15, 0.2) is 30.0 Å². The lowest BCUT2D eigenvalue weighted by Crippen LogP contribution is -2.24. The molecule has 112 valence electrons. The van der Waals surface area contributed by atoms with E-state index >= 15 is 0 Å². The van der Waals surface area contributed by atoms with Gasteiger partial charge in [-0.2, -0.15) is 0 Å². The van der Waals surface area contributed by atoms with E-state index in [1.165, 1.54) is 0 Å². The Morgan fingerprint density at radius 3 is 1.95 bits per heavy atom. The number of ketones is 2. The summed E-state index contributed by atoms with van der Waals surface area (Å²) < 4.78 is 2.10. The summed E-state index contributed by atoms with van der Waals surface area (Å²) in [5.74, 6) is -0.618. The van der Waals surface area contributed by atoms with E-state index in [2.05, 4.69) is 63.7 Å². The molecule has 0 unspecified atom stereocenters. The topological polar surface area (TPSA) is 86.2 Å². The molecule has 0 heterocycles. The molecule has 0 spiro atoms. The molecule has 22 heavy (non-hydrogen) atoms. The Kier molecular flexibility index (Phi) is 3.99. The van der Waals surface area contributed by atoms with Crippen LogP contribution in [0.3, 0.4) is 0 Å². The molecule has 3 rings (SSSR count). The number of hydrogen-bond acceptors (Lipinski definition) is 4. The van der Waals surface area contributed by atoms with E-state index in [-0.39, 0.29) is 34.1 Å². The highest BCUT2D eigenvalue weighted by molar-refractivity contribution is 9.13. The zero-order valence-corrected chi connectivity index (χ0v) is 17.0. The summed E-state index contributed by atoms with van der Waals surface area (Å²) in [5.41, 5.74) is 13.2. The predicted molar refractivity (Wildman–Crippen MR) is 99.4 cm³/mol. The van der Waals surface area contributed by atoms with Crippen molar-refractivity contribution in [3.63, 3.8) is 0 Å². The molecule has 4 N–H and O–H groups in total. The van der Waals surface area contributed by atoms with Crippen LogP contribution in [0.25, 0.3) is 0 Å². The summed E-state index contributed by atoms with van der Waals surface area (Å²) in [6.45, 7) is 0. The lowest BCUT2D eigenvalue weighted by molar-refractivity contribution is 0.0978. The fraction of sp³-hybridized carbons (Fsp3) is 0. The minimum Gasteiger partial charge on any atom is -0.396 e. The van der Waals surface area contributed by atoms with Crippen LogP contribution < -0.4 is 11.5 Å². The number of halogens is 4. The van der Waals surface area contributed by atoms with Crippen LogP contribution in [0.2, 0.25) is 0 Å². The Morgan fingerprint density at radius 1 is 0.682 bits per heavy atom. The second kappa shape index (κ2) is 5.43. The number of anilines is 2. The Labute approximate surface area is 159 Å². The number of fused-ring (bicyclic) bond motifs is 2. The predicted octanol–water partition coefficient (Wildman–Crippen LogP) is 4.68. The first-order valence-corrected chi connectivity index (χ1v) is 9.07. The number of nitrogens with two attached hydrogens (primary N) is 2. The minimum absolute atomic E-state index is 0.105. The first kappa shape index (κ1) is 16.2. The van der Waals surface area contributed by atoms with Crippen LogP contribution in [-0.2, 0) is 0 Å². The molecule has 0 aliphatic heterocycles. The van der Waals surface area contributed by atoms with E-state index in [4.69, 9.17) is 11.5 Å². The maximum absolute atomic E-state index is 12.9. The quantitative estimate of drug-likeness (QED) is 0.396. The normalized spacial score (nSPS) is 13.1. The molecular weight excluding hydrogens is 548 g/mol. The van der Waals surface area contributed by atoms with E-state index in [0.717, 1.165) is 0 Å². The van der Waals surface area contributed by atoms with Crippen LogP contribution >= 0.6 is 63.7 Å². The summed E-state index contributed by atoms with van der Waals surface area (Å²) in [6.07, 6.45) is 0. The van der Waals surface area contributed by atoms with Gasteiger partial charge in [0.15, 0.2) is 11.6 Å². The highest BCUT2D eigenvalue weighted by Crippen LogP contribution is 2.45. The van der Waals surface area contributed by atoms with Gasteiger partial charge in [-0.15, -0.1) is 0 Å². The molecule has 0 bridgehead atoms. The van der Waals surface area contributed by atoms with Gasteiger partial charge in [-0.25, -0.2) is 0 Å². The van der Waals surface area contributed by atoms with Crippen molar-refractivity contribution in [2.24, 2.45) is 0 Å². The molecule has 0 saturated carbocycles. The number of benzene rings is 2. The smallest absolute Gasteiger partial charge is 0.196 e. The molecule has 1 aliphatic carbocycles. The first-order valence-electron chi connectivity index (χ1n) is 5.90. The van der Waals surface area contributed by atoms with Crippen molar-refractivity contribution in [1.82, 2.24) is 0 Å². The largest absolute Gasteiger partial charge is 0.396 e. The molecule has 4 nitrogen and oxygen atoms in total. The molecule has 0 atom stereocenters. The van der Waals surface area contributed by atoms with Crippen LogP contribution in [0.1, 0.15) is 31.8 Å². The molecule has 2 aromatic carbocycles. The van der Waals surface area contributed by atoms with Gasteiger partial charge in [0, 0.05) is 24.5 Å².